The van der Waals surface area contributed by atoms with Gasteiger partial charge in [-0.3, -0.25) is 10.1 Å². The van der Waals surface area contributed by atoms with Gasteiger partial charge in [0.2, 0.25) is 5.82 Å². The summed E-state index contributed by atoms with van der Waals surface area (Å²) in [6.45, 7) is 1.24. The van der Waals surface area contributed by atoms with Gasteiger partial charge in [0, 0.05) is 18.9 Å². The predicted molar refractivity (Wildman–Crippen MR) is 63.1 cm³/mol. The van der Waals surface area contributed by atoms with Crippen LogP contribution in [0.2, 0.25) is 0 Å². The predicted octanol–water partition coefficient (Wildman–Crippen LogP) is 1.45. The Balaban J connectivity index is 2.21. The largest absolute Gasteiger partial charge is 0.379 e. The average Bonchev–Trinajstić information content (AvgIpc) is 2.40. The van der Waals surface area contributed by atoms with Crippen LogP contribution in [0.3, 0.4) is 0 Å². The summed E-state index contributed by atoms with van der Waals surface area (Å²) in [5.41, 5.74) is -0.00762. The molecule has 0 amide bonds. The molecule has 2 rings (SSSR count). The molecule has 94 valence electrons. The molecule has 0 bridgehead atoms. The fourth-order valence-electron chi connectivity index (χ4n) is 1.81. The third-order valence-corrected chi connectivity index (χ3v) is 2.69. The summed E-state index contributed by atoms with van der Waals surface area (Å²) in [5, 5.41) is 22.6. The van der Waals surface area contributed by atoms with Crippen molar-refractivity contribution in [2.24, 2.45) is 0 Å². The lowest BCUT2D eigenvalue weighted by molar-refractivity contribution is -0.384. The number of rotatable bonds is 3. The highest BCUT2D eigenvalue weighted by atomic mass is 16.6. The number of nitrogens with one attached hydrogen (secondary N) is 1. The fraction of sp³-hybridized carbons (Fsp3) is 0.455. The molecule has 1 aromatic heterocycles. The minimum atomic E-state index is -0.542. The van der Waals surface area contributed by atoms with Gasteiger partial charge in [-0.2, -0.15) is 5.26 Å². The summed E-state index contributed by atoms with van der Waals surface area (Å²) >= 11 is 0. The van der Waals surface area contributed by atoms with Crippen LogP contribution in [-0.2, 0) is 4.74 Å². The Labute approximate surface area is 104 Å². The highest BCUT2D eigenvalue weighted by molar-refractivity contribution is 5.58. The minimum absolute atomic E-state index is 0.0258. The van der Waals surface area contributed by atoms with E-state index in [4.69, 9.17) is 10.00 Å². The number of nitriles is 1. The molecular weight excluding hydrogens is 236 g/mol. The van der Waals surface area contributed by atoms with Crippen LogP contribution >= 0.6 is 0 Å². The summed E-state index contributed by atoms with van der Waals surface area (Å²) in [4.78, 5) is 14.3. The number of nitrogens with zero attached hydrogens (tertiary/aromatic N) is 3. The molecule has 1 aliphatic rings. The molecule has 1 N–H and O–H groups in total. The van der Waals surface area contributed by atoms with Gasteiger partial charge in [0.1, 0.15) is 6.07 Å². The molecule has 1 saturated heterocycles. The molecule has 0 aromatic carbocycles. The van der Waals surface area contributed by atoms with Gasteiger partial charge < -0.3 is 10.1 Å². The Kier molecular flexibility index (Phi) is 3.69. The zero-order valence-corrected chi connectivity index (χ0v) is 9.63. The first-order valence-electron chi connectivity index (χ1n) is 5.59. The van der Waals surface area contributed by atoms with Gasteiger partial charge in [-0.15, -0.1) is 0 Å². The standard InChI is InChI=1S/C11H12N4O3/c12-5-8-4-10(15(16)17)11(13-6-8)14-9-2-1-3-18-7-9/h4,6,9H,1-3,7H2,(H,13,14). The first-order valence-corrected chi connectivity index (χ1v) is 5.59. The molecule has 1 fully saturated rings. The smallest absolute Gasteiger partial charge is 0.312 e. The molecule has 0 aliphatic carbocycles. The van der Waals surface area contributed by atoms with Gasteiger partial charge in [-0.1, -0.05) is 0 Å². The summed E-state index contributed by atoms with van der Waals surface area (Å²) in [5.74, 6) is 0.189. The Morgan fingerprint density at radius 1 is 1.67 bits per heavy atom. The lowest BCUT2D eigenvalue weighted by atomic mass is 10.1. The Bertz CT molecular complexity index is 492. The highest BCUT2D eigenvalue weighted by Crippen LogP contribution is 2.24. The monoisotopic (exact) mass is 248 g/mol. The van der Waals surface area contributed by atoms with Crippen LogP contribution in [-0.4, -0.2) is 29.2 Å². The lowest BCUT2D eigenvalue weighted by Gasteiger charge is -2.23. The van der Waals surface area contributed by atoms with Crippen molar-refractivity contribution in [2.45, 2.75) is 18.9 Å². The fourth-order valence-corrected chi connectivity index (χ4v) is 1.81. The number of pyridine rings is 1. The lowest BCUT2D eigenvalue weighted by Crippen LogP contribution is -2.30. The number of anilines is 1. The average molecular weight is 248 g/mol. The second kappa shape index (κ2) is 5.42. The molecular formula is C11H12N4O3. The van der Waals surface area contributed by atoms with Crippen molar-refractivity contribution in [3.05, 3.63) is 27.9 Å². The van der Waals surface area contributed by atoms with Crippen LogP contribution < -0.4 is 5.32 Å². The van der Waals surface area contributed by atoms with Gasteiger partial charge in [0.15, 0.2) is 0 Å². The minimum Gasteiger partial charge on any atom is -0.379 e. The Hall–Kier alpha value is -2.20. The van der Waals surface area contributed by atoms with Crippen LogP contribution in [0.5, 0.6) is 0 Å². The summed E-state index contributed by atoms with van der Waals surface area (Å²) in [6, 6.07) is 3.08. The topological polar surface area (TPSA) is 101 Å². The third-order valence-electron chi connectivity index (χ3n) is 2.69. The van der Waals surface area contributed by atoms with Crippen molar-refractivity contribution in [1.82, 2.24) is 4.98 Å². The van der Waals surface area contributed by atoms with Crippen molar-refractivity contribution in [3.63, 3.8) is 0 Å². The van der Waals surface area contributed by atoms with E-state index in [2.05, 4.69) is 10.3 Å². The van der Waals surface area contributed by atoms with Crippen molar-refractivity contribution in [2.75, 3.05) is 18.5 Å². The van der Waals surface area contributed by atoms with Crippen LogP contribution in [0.4, 0.5) is 11.5 Å². The van der Waals surface area contributed by atoms with E-state index in [1.54, 1.807) is 0 Å². The van der Waals surface area contributed by atoms with Crippen molar-refractivity contribution in [1.29, 1.82) is 5.26 Å². The number of ether oxygens (including phenoxy) is 1. The summed E-state index contributed by atoms with van der Waals surface area (Å²) in [6.07, 6.45) is 3.12. The van der Waals surface area contributed by atoms with Crippen LogP contribution in [0.25, 0.3) is 0 Å². The van der Waals surface area contributed by atoms with E-state index in [1.165, 1.54) is 12.3 Å². The van der Waals surface area contributed by atoms with Crippen molar-refractivity contribution >= 4 is 11.5 Å². The molecule has 7 heteroatoms. The highest BCUT2D eigenvalue weighted by Gasteiger charge is 2.21. The zero-order chi connectivity index (χ0) is 13.0. The van der Waals surface area contributed by atoms with E-state index >= 15 is 0 Å². The van der Waals surface area contributed by atoms with Gasteiger partial charge in [0.05, 0.1) is 23.1 Å². The van der Waals surface area contributed by atoms with Crippen molar-refractivity contribution in [3.8, 4) is 6.07 Å². The molecule has 0 saturated carbocycles. The maximum absolute atomic E-state index is 10.9. The molecule has 7 nitrogen and oxygen atoms in total. The van der Waals surface area contributed by atoms with E-state index in [-0.39, 0.29) is 23.1 Å². The quantitative estimate of drug-likeness (QED) is 0.641. The molecule has 2 heterocycles. The number of aromatic nitrogens is 1. The number of nitro groups is 1. The molecule has 1 unspecified atom stereocenters. The van der Waals surface area contributed by atoms with Gasteiger partial charge >= 0.3 is 5.69 Å². The first kappa shape index (κ1) is 12.3. The van der Waals surface area contributed by atoms with E-state index in [1.807, 2.05) is 6.07 Å². The number of hydrogen-bond donors (Lipinski definition) is 1. The third kappa shape index (κ3) is 2.73. The van der Waals surface area contributed by atoms with Crippen LogP contribution in [0.15, 0.2) is 12.3 Å². The Morgan fingerprint density at radius 2 is 2.50 bits per heavy atom. The molecule has 1 aliphatic heterocycles. The van der Waals surface area contributed by atoms with E-state index < -0.39 is 4.92 Å². The van der Waals surface area contributed by atoms with Gasteiger partial charge in [0.25, 0.3) is 0 Å². The van der Waals surface area contributed by atoms with Crippen molar-refractivity contribution < 1.29 is 9.66 Å². The maximum Gasteiger partial charge on any atom is 0.312 e. The van der Waals surface area contributed by atoms with E-state index in [0.29, 0.717) is 6.61 Å². The molecule has 0 radical (unpaired) electrons. The van der Waals surface area contributed by atoms with Crippen LogP contribution in [0.1, 0.15) is 18.4 Å². The maximum atomic E-state index is 10.9. The first-order chi connectivity index (χ1) is 8.70. The van der Waals surface area contributed by atoms with E-state index in [0.717, 1.165) is 19.4 Å². The van der Waals surface area contributed by atoms with Gasteiger partial charge in [-0.25, -0.2) is 4.98 Å². The second-order valence-electron chi connectivity index (χ2n) is 4.02. The molecule has 1 aromatic rings. The number of hydrogen-bond acceptors (Lipinski definition) is 6. The Morgan fingerprint density at radius 3 is 3.11 bits per heavy atom. The zero-order valence-electron chi connectivity index (χ0n) is 9.63. The van der Waals surface area contributed by atoms with Crippen LogP contribution in [0, 0.1) is 21.4 Å². The molecule has 1 atom stereocenters. The van der Waals surface area contributed by atoms with Gasteiger partial charge in [-0.05, 0) is 12.8 Å². The molecule has 0 spiro atoms. The summed E-state index contributed by atoms with van der Waals surface area (Å²) < 4.78 is 5.29. The van der Waals surface area contributed by atoms with E-state index in [9.17, 15) is 10.1 Å². The summed E-state index contributed by atoms with van der Waals surface area (Å²) in [7, 11) is 0. The normalized spacial score (nSPS) is 18.9. The SMILES string of the molecule is N#Cc1cnc(NC2CCCOC2)c([N+](=O)[O-])c1. The second-order valence-corrected chi connectivity index (χ2v) is 4.02. The molecule has 18 heavy (non-hydrogen) atoms.